The van der Waals surface area contributed by atoms with Gasteiger partial charge in [0.25, 0.3) is 0 Å². The van der Waals surface area contributed by atoms with Gasteiger partial charge in [-0.1, -0.05) is 6.42 Å². The van der Waals surface area contributed by atoms with Gasteiger partial charge in [-0.3, -0.25) is 9.59 Å². The molecule has 3 N–H and O–H groups in total. The fourth-order valence-corrected chi connectivity index (χ4v) is 8.38. The van der Waals surface area contributed by atoms with Gasteiger partial charge in [0.05, 0.1) is 12.1 Å². The highest BCUT2D eigenvalue weighted by Crippen LogP contribution is 2.64. The summed E-state index contributed by atoms with van der Waals surface area (Å²) in [6, 6.07) is 1.44. The van der Waals surface area contributed by atoms with Crippen LogP contribution in [0.25, 0.3) is 0 Å². The molecule has 168 valence electrons. The lowest BCUT2D eigenvalue weighted by Crippen LogP contribution is -2.66. The lowest BCUT2D eigenvalue weighted by atomic mass is 9.46. The van der Waals surface area contributed by atoms with E-state index in [1.807, 2.05) is 4.90 Å². The van der Waals surface area contributed by atoms with E-state index in [0.29, 0.717) is 24.2 Å². The first-order valence-corrected chi connectivity index (χ1v) is 12.4. The van der Waals surface area contributed by atoms with Crippen molar-refractivity contribution >= 4 is 11.9 Å². The molecular weight excluding hydrogens is 392 g/mol. The number of carbonyl (C=O) groups is 2. The van der Waals surface area contributed by atoms with Crippen LogP contribution in [-0.2, 0) is 14.3 Å². The molecule has 31 heavy (non-hydrogen) atoms. The Hall–Kier alpha value is -1.65. The van der Waals surface area contributed by atoms with Gasteiger partial charge in [0.15, 0.2) is 0 Å². The smallest absolute Gasteiger partial charge is 0.323 e. The topological polar surface area (TPSA) is 108 Å². The molecule has 7 fully saturated rings. The molecule has 2 saturated heterocycles. The van der Waals surface area contributed by atoms with Crippen LogP contribution in [0.5, 0.6) is 0 Å². The van der Waals surface area contributed by atoms with Gasteiger partial charge in [0, 0.05) is 6.04 Å². The molecule has 5 saturated carbocycles. The summed E-state index contributed by atoms with van der Waals surface area (Å²) in [5.41, 5.74) is 6.02. The lowest BCUT2D eigenvalue weighted by molar-refractivity contribution is -0.207. The van der Waals surface area contributed by atoms with Crippen LogP contribution < -0.4 is 11.1 Å². The predicted octanol–water partition coefficient (Wildman–Crippen LogP) is 1.85. The maximum Gasteiger partial charge on any atom is 0.323 e. The summed E-state index contributed by atoms with van der Waals surface area (Å²) in [6.07, 6.45) is 10.5. The Morgan fingerprint density at radius 3 is 2.58 bits per heavy atom. The molecule has 7 heteroatoms. The van der Waals surface area contributed by atoms with Crippen LogP contribution in [0.3, 0.4) is 0 Å². The average Bonchev–Trinajstić information content (AvgIpc) is 3.41. The summed E-state index contributed by atoms with van der Waals surface area (Å²) in [6.45, 7) is 0.874. The van der Waals surface area contributed by atoms with Gasteiger partial charge in [-0.2, -0.15) is 5.26 Å². The number of likely N-dealkylation sites (tertiary alicyclic amines) is 1. The summed E-state index contributed by atoms with van der Waals surface area (Å²) in [5.74, 6) is 1.31. The lowest BCUT2D eigenvalue weighted by Gasteiger charge is -2.62. The SMILES string of the molecule is N#CC1CC2CC2N1C(=O)C(N)C12CC3CC(CC(OC(=O)C4CCCCN4)(C3)C1)C2. The van der Waals surface area contributed by atoms with Crippen molar-refractivity contribution in [2.24, 2.45) is 28.9 Å². The fraction of sp³-hybridized carbons (Fsp3) is 0.875. The zero-order chi connectivity index (χ0) is 21.4. The minimum Gasteiger partial charge on any atom is -0.458 e. The molecule has 0 spiro atoms. The van der Waals surface area contributed by atoms with Gasteiger partial charge in [0.2, 0.25) is 5.91 Å². The van der Waals surface area contributed by atoms with Crippen molar-refractivity contribution in [1.82, 2.24) is 10.2 Å². The number of amides is 1. The first-order valence-electron chi connectivity index (χ1n) is 12.4. The zero-order valence-corrected chi connectivity index (χ0v) is 18.2. The number of esters is 1. The number of nitrogens with zero attached hydrogens (tertiary/aromatic N) is 2. The second-order valence-electron chi connectivity index (χ2n) is 11.6. The van der Waals surface area contributed by atoms with Gasteiger partial charge < -0.3 is 20.7 Å². The molecule has 5 aliphatic carbocycles. The van der Waals surface area contributed by atoms with E-state index in [-0.39, 0.29) is 35.4 Å². The van der Waals surface area contributed by atoms with Crippen LogP contribution in [0.15, 0.2) is 0 Å². The summed E-state index contributed by atoms with van der Waals surface area (Å²) < 4.78 is 6.31. The third kappa shape index (κ3) is 3.13. The van der Waals surface area contributed by atoms with E-state index in [4.69, 9.17) is 10.5 Å². The summed E-state index contributed by atoms with van der Waals surface area (Å²) in [4.78, 5) is 28.4. The molecule has 2 heterocycles. The van der Waals surface area contributed by atoms with Crippen molar-refractivity contribution in [2.75, 3.05) is 6.54 Å². The van der Waals surface area contributed by atoms with E-state index in [2.05, 4.69) is 11.4 Å². The number of hydrogen-bond donors (Lipinski definition) is 2. The van der Waals surface area contributed by atoms with Crippen molar-refractivity contribution in [3.8, 4) is 6.07 Å². The van der Waals surface area contributed by atoms with Crippen molar-refractivity contribution in [2.45, 2.75) is 100 Å². The average molecular weight is 427 g/mol. The van der Waals surface area contributed by atoms with Gasteiger partial charge in [-0.05, 0) is 93.9 Å². The van der Waals surface area contributed by atoms with Gasteiger partial charge in [-0.25, -0.2) is 0 Å². The standard InChI is InChI=1S/C24H34N4O3/c25-12-17-6-16-7-19(16)28(17)21(29)20(26)23-8-14-5-15(9-23)11-24(10-14,13-23)31-22(30)18-3-1-2-4-27-18/h14-20,27H,1-11,13,26H2. The van der Waals surface area contributed by atoms with Gasteiger partial charge in [-0.15, -0.1) is 0 Å². The Bertz CT molecular complexity index is 817. The maximum atomic E-state index is 13.6. The Morgan fingerprint density at radius 2 is 1.90 bits per heavy atom. The Morgan fingerprint density at radius 1 is 1.13 bits per heavy atom. The molecule has 2 aliphatic heterocycles. The number of nitrogens with two attached hydrogens (primary N) is 1. The summed E-state index contributed by atoms with van der Waals surface area (Å²) in [7, 11) is 0. The molecule has 1 amide bonds. The minimum atomic E-state index is -0.598. The molecule has 7 atom stereocenters. The van der Waals surface area contributed by atoms with Crippen LogP contribution in [-0.4, -0.2) is 53.1 Å². The first-order chi connectivity index (χ1) is 14.9. The maximum absolute atomic E-state index is 13.6. The largest absolute Gasteiger partial charge is 0.458 e. The zero-order valence-electron chi connectivity index (χ0n) is 18.2. The number of hydrogen-bond acceptors (Lipinski definition) is 6. The quantitative estimate of drug-likeness (QED) is 0.664. The second-order valence-corrected chi connectivity index (χ2v) is 11.6. The van der Waals surface area contributed by atoms with E-state index in [1.165, 1.54) is 6.42 Å². The van der Waals surface area contributed by atoms with Gasteiger partial charge >= 0.3 is 5.97 Å². The fourth-order valence-electron chi connectivity index (χ4n) is 8.38. The summed E-state index contributed by atoms with van der Waals surface area (Å²) >= 11 is 0. The number of fused-ring (bicyclic) bond motifs is 1. The normalized spacial score (nSPS) is 48.1. The monoisotopic (exact) mass is 426 g/mol. The number of nitriles is 1. The minimum absolute atomic E-state index is 0.0334. The number of carbonyl (C=O) groups excluding carboxylic acids is 2. The highest BCUT2D eigenvalue weighted by Gasteiger charge is 2.64. The molecule has 0 aromatic rings. The van der Waals surface area contributed by atoms with E-state index < -0.39 is 11.6 Å². The van der Waals surface area contributed by atoms with Crippen molar-refractivity contribution in [3.63, 3.8) is 0 Å². The van der Waals surface area contributed by atoms with E-state index in [0.717, 1.165) is 64.3 Å². The molecule has 0 radical (unpaired) electrons. The van der Waals surface area contributed by atoms with E-state index >= 15 is 0 Å². The van der Waals surface area contributed by atoms with Crippen LogP contribution in [0.2, 0.25) is 0 Å². The Kier molecular flexibility index (Phi) is 4.46. The number of piperidine rings is 2. The Balaban J connectivity index is 1.23. The van der Waals surface area contributed by atoms with E-state index in [1.54, 1.807) is 0 Å². The van der Waals surface area contributed by atoms with Crippen LogP contribution >= 0.6 is 0 Å². The molecule has 7 aliphatic rings. The van der Waals surface area contributed by atoms with E-state index in [9.17, 15) is 14.9 Å². The first kappa shape index (κ1) is 20.0. The molecule has 7 nitrogen and oxygen atoms in total. The third-order valence-corrected chi connectivity index (χ3v) is 9.40. The summed E-state index contributed by atoms with van der Waals surface area (Å²) in [5, 5.41) is 12.9. The molecule has 7 unspecified atom stereocenters. The van der Waals surface area contributed by atoms with Crippen molar-refractivity contribution < 1.29 is 14.3 Å². The highest BCUT2D eigenvalue weighted by molar-refractivity contribution is 5.84. The highest BCUT2D eigenvalue weighted by atomic mass is 16.6. The molecular formula is C24H34N4O3. The van der Waals surface area contributed by atoms with Crippen LogP contribution in [0.1, 0.15) is 70.6 Å². The number of rotatable bonds is 4. The predicted molar refractivity (Wildman–Crippen MR) is 112 cm³/mol. The molecule has 4 bridgehead atoms. The van der Waals surface area contributed by atoms with Crippen LogP contribution in [0.4, 0.5) is 0 Å². The number of nitrogens with one attached hydrogen (secondary N) is 1. The second kappa shape index (κ2) is 6.92. The van der Waals surface area contributed by atoms with Crippen molar-refractivity contribution in [1.29, 1.82) is 5.26 Å². The molecule has 7 rings (SSSR count). The Labute approximate surface area is 184 Å². The third-order valence-electron chi connectivity index (χ3n) is 9.40. The molecule has 0 aromatic carbocycles. The van der Waals surface area contributed by atoms with Gasteiger partial charge in [0.1, 0.15) is 17.7 Å². The van der Waals surface area contributed by atoms with Crippen LogP contribution in [0, 0.1) is 34.5 Å². The molecule has 0 aromatic heterocycles. The van der Waals surface area contributed by atoms with Crippen molar-refractivity contribution in [3.05, 3.63) is 0 Å². The number of ether oxygens (including phenoxy) is 1.